The third-order valence-corrected chi connectivity index (χ3v) is 10.3. The molecule has 4 saturated carbocycles. The molecule has 4 aliphatic rings. The van der Waals surface area contributed by atoms with E-state index in [9.17, 15) is 10.2 Å². The molecule has 0 aromatic heterocycles. The number of allylic oxidation sites excluding steroid dienone is 3. The molecule has 0 aromatic carbocycles. The molecule has 2 N–H and O–H groups in total. The molecule has 0 heterocycles. The Bertz CT molecular complexity index is 685. The highest BCUT2D eigenvalue weighted by Crippen LogP contribution is 2.59. The summed E-state index contributed by atoms with van der Waals surface area (Å²) in [5.41, 5.74) is 3.01. The van der Waals surface area contributed by atoms with Crippen molar-refractivity contribution < 1.29 is 14.9 Å². The van der Waals surface area contributed by atoms with Gasteiger partial charge in [-0.3, -0.25) is 0 Å². The molecule has 182 valence electrons. The van der Waals surface area contributed by atoms with Crippen LogP contribution in [-0.4, -0.2) is 35.1 Å². The molecular formula is C29H48O3. The molecule has 0 saturated heterocycles. The van der Waals surface area contributed by atoms with E-state index in [0.29, 0.717) is 23.4 Å². The normalized spacial score (nSPS) is 38.3. The average molecular weight is 445 g/mol. The van der Waals surface area contributed by atoms with E-state index >= 15 is 0 Å². The third-order valence-electron chi connectivity index (χ3n) is 10.3. The molecule has 2 unspecified atom stereocenters. The van der Waals surface area contributed by atoms with Crippen molar-refractivity contribution in [1.82, 2.24) is 0 Å². The number of aliphatic hydroxyl groups is 2. The molecule has 3 nitrogen and oxygen atoms in total. The van der Waals surface area contributed by atoms with Crippen molar-refractivity contribution in [2.75, 3.05) is 6.61 Å². The van der Waals surface area contributed by atoms with Crippen LogP contribution in [0.5, 0.6) is 0 Å². The smallest absolute Gasteiger partial charge is 0.0658 e. The maximum absolute atomic E-state index is 10.6. The summed E-state index contributed by atoms with van der Waals surface area (Å²) < 4.78 is 6.43. The Morgan fingerprint density at radius 2 is 1.72 bits per heavy atom. The minimum atomic E-state index is -0.360. The van der Waals surface area contributed by atoms with E-state index in [4.69, 9.17) is 4.74 Å². The summed E-state index contributed by atoms with van der Waals surface area (Å²) >= 11 is 0. The van der Waals surface area contributed by atoms with Crippen LogP contribution in [0.25, 0.3) is 0 Å². The predicted octanol–water partition coefficient (Wildman–Crippen LogP) is 6.58. The molecule has 1 spiro atoms. The van der Waals surface area contributed by atoms with Gasteiger partial charge in [0.2, 0.25) is 0 Å². The van der Waals surface area contributed by atoms with Crippen LogP contribution in [0.3, 0.4) is 0 Å². The Morgan fingerprint density at radius 3 is 2.34 bits per heavy atom. The number of fused-ring (bicyclic) bond motifs is 1. The number of hydrogen-bond donors (Lipinski definition) is 2. The molecule has 3 heteroatoms. The van der Waals surface area contributed by atoms with Gasteiger partial charge in [-0.2, -0.15) is 0 Å². The second-order valence-corrected chi connectivity index (χ2v) is 11.9. The molecule has 32 heavy (non-hydrogen) atoms. The van der Waals surface area contributed by atoms with Gasteiger partial charge in [-0.15, -0.1) is 0 Å². The summed E-state index contributed by atoms with van der Waals surface area (Å²) in [4.78, 5) is 0. The van der Waals surface area contributed by atoms with Gasteiger partial charge in [-0.05, 0) is 94.3 Å². The Labute approximate surface area is 196 Å². The summed E-state index contributed by atoms with van der Waals surface area (Å²) in [6.45, 7) is 10.4. The average Bonchev–Trinajstić information content (AvgIpc) is 3.50. The van der Waals surface area contributed by atoms with Gasteiger partial charge in [-0.25, -0.2) is 0 Å². The molecule has 0 aromatic rings. The Morgan fingerprint density at radius 1 is 1.03 bits per heavy atom. The van der Waals surface area contributed by atoms with Crippen molar-refractivity contribution in [1.29, 1.82) is 0 Å². The highest BCUT2D eigenvalue weighted by molar-refractivity contribution is 5.28. The minimum absolute atomic E-state index is 0.170. The first kappa shape index (κ1) is 24.5. The fourth-order valence-corrected chi connectivity index (χ4v) is 7.66. The quantitative estimate of drug-likeness (QED) is 0.444. The summed E-state index contributed by atoms with van der Waals surface area (Å²) in [7, 11) is 0. The van der Waals surface area contributed by atoms with Crippen LogP contribution >= 0.6 is 0 Å². The molecule has 0 radical (unpaired) electrons. The standard InChI is InChI=1S/C29H48O3/c1-5-21(6-2)13-17-32-20(3)24-11-12-25-23(8-7-14-28(24,25)4)10-9-22-18-26(30)29(15-16-29)27(31)19-22/h9-10,20-21,24-27,30-31H,5-8,11-19H2,1-4H3/t20-,24-,25?,26-,27-,28?/m1/s1. The number of hydrogen-bond acceptors (Lipinski definition) is 3. The number of aliphatic hydroxyl groups excluding tert-OH is 2. The zero-order valence-corrected chi connectivity index (χ0v) is 21.1. The summed E-state index contributed by atoms with van der Waals surface area (Å²) in [6.07, 6.45) is 17.8. The molecule has 0 amide bonds. The van der Waals surface area contributed by atoms with Gasteiger partial charge >= 0.3 is 0 Å². The van der Waals surface area contributed by atoms with Crippen molar-refractivity contribution in [2.45, 2.75) is 123 Å². The third kappa shape index (κ3) is 4.64. The highest BCUT2D eigenvalue weighted by Gasteiger charge is 2.56. The van der Waals surface area contributed by atoms with Gasteiger partial charge in [0, 0.05) is 12.0 Å². The fourth-order valence-electron chi connectivity index (χ4n) is 7.66. The van der Waals surface area contributed by atoms with E-state index in [1.54, 1.807) is 5.57 Å². The van der Waals surface area contributed by atoms with Crippen LogP contribution in [-0.2, 0) is 4.74 Å². The van der Waals surface area contributed by atoms with Gasteiger partial charge in [0.05, 0.1) is 18.3 Å². The van der Waals surface area contributed by atoms with Crippen molar-refractivity contribution in [3.05, 3.63) is 23.3 Å². The Kier molecular flexibility index (Phi) is 7.59. The number of ether oxygens (including phenoxy) is 1. The van der Waals surface area contributed by atoms with Crippen molar-refractivity contribution in [3.8, 4) is 0 Å². The Balaban J connectivity index is 1.39. The van der Waals surface area contributed by atoms with E-state index < -0.39 is 0 Å². The van der Waals surface area contributed by atoms with Crippen molar-refractivity contribution in [2.24, 2.45) is 28.6 Å². The van der Waals surface area contributed by atoms with Crippen molar-refractivity contribution >= 4 is 0 Å². The van der Waals surface area contributed by atoms with Crippen LogP contribution in [0.2, 0.25) is 0 Å². The molecule has 6 atom stereocenters. The monoisotopic (exact) mass is 444 g/mol. The van der Waals surface area contributed by atoms with Crippen LogP contribution < -0.4 is 0 Å². The molecule has 4 fully saturated rings. The topological polar surface area (TPSA) is 49.7 Å². The molecular weight excluding hydrogens is 396 g/mol. The lowest BCUT2D eigenvalue weighted by atomic mass is 9.62. The van der Waals surface area contributed by atoms with Gasteiger partial charge in [0.25, 0.3) is 0 Å². The van der Waals surface area contributed by atoms with Gasteiger partial charge in [0.15, 0.2) is 0 Å². The first-order valence-electron chi connectivity index (χ1n) is 13.7. The van der Waals surface area contributed by atoms with Gasteiger partial charge < -0.3 is 14.9 Å². The lowest BCUT2D eigenvalue weighted by Crippen LogP contribution is -2.39. The molecule has 0 bridgehead atoms. The lowest BCUT2D eigenvalue weighted by molar-refractivity contribution is -0.0291. The van der Waals surface area contributed by atoms with E-state index in [2.05, 4.69) is 39.8 Å². The maximum Gasteiger partial charge on any atom is 0.0658 e. The molecule has 4 aliphatic carbocycles. The largest absolute Gasteiger partial charge is 0.392 e. The van der Waals surface area contributed by atoms with Crippen LogP contribution in [0, 0.1) is 28.6 Å². The second kappa shape index (κ2) is 9.92. The fraction of sp³-hybridized carbons (Fsp3) is 0.862. The highest BCUT2D eigenvalue weighted by atomic mass is 16.5. The second-order valence-electron chi connectivity index (χ2n) is 11.9. The van der Waals surface area contributed by atoms with E-state index in [-0.39, 0.29) is 17.6 Å². The first-order valence-corrected chi connectivity index (χ1v) is 13.7. The maximum atomic E-state index is 10.6. The van der Waals surface area contributed by atoms with E-state index in [1.165, 1.54) is 56.9 Å². The number of rotatable bonds is 8. The summed E-state index contributed by atoms with van der Waals surface area (Å²) in [5, 5.41) is 21.1. The molecule has 4 rings (SSSR count). The lowest BCUT2D eigenvalue weighted by Gasteiger charge is -2.44. The zero-order valence-electron chi connectivity index (χ0n) is 21.1. The van der Waals surface area contributed by atoms with E-state index in [1.807, 2.05) is 0 Å². The summed E-state index contributed by atoms with van der Waals surface area (Å²) in [5.74, 6) is 2.12. The molecule has 0 aliphatic heterocycles. The van der Waals surface area contributed by atoms with Gasteiger partial charge in [0.1, 0.15) is 0 Å². The first-order chi connectivity index (χ1) is 15.3. The zero-order chi connectivity index (χ0) is 22.9. The Hall–Kier alpha value is -0.640. The van der Waals surface area contributed by atoms with E-state index in [0.717, 1.165) is 38.2 Å². The predicted molar refractivity (Wildman–Crippen MR) is 131 cm³/mol. The van der Waals surface area contributed by atoms with Crippen molar-refractivity contribution in [3.63, 3.8) is 0 Å². The van der Waals surface area contributed by atoms with Gasteiger partial charge in [-0.1, -0.05) is 56.9 Å². The van der Waals surface area contributed by atoms with Crippen LogP contribution in [0.1, 0.15) is 105 Å². The minimum Gasteiger partial charge on any atom is -0.392 e. The van der Waals surface area contributed by atoms with Crippen LogP contribution in [0.4, 0.5) is 0 Å². The van der Waals surface area contributed by atoms with Crippen LogP contribution in [0.15, 0.2) is 23.3 Å². The summed E-state index contributed by atoms with van der Waals surface area (Å²) in [6, 6.07) is 0. The SMILES string of the molecule is CCC(CC)CCO[C@H](C)[C@H]1CCC2C(=CC=C3C[C@@H](O)C4(CC4)[C@H](O)C3)CCCC21C.